The van der Waals surface area contributed by atoms with Crippen LogP contribution in [0.3, 0.4) is 0 Å². The largest absolute Gasteiger partial charge is 0.332 e. The Labute approximate surface area is 199 Å². The van der Waals surface area contributed by atoms with Gasteiger partial charge in [0.1, 0.15) is 6.04 Å². The van der Waals surface area contributed by atoms with E-state index < -0.39 is 16.1 Å². The van der Waals surface area contributed by atoms with Gasteiger partial charge < -0.3 is 4.90 Å². The highest BCUT2D eigenvalue weighted by atomic mass is 35.5. The molecular formula is C24H24Cl2N2O3S. The van der Waals surface area contributed by atoms with E-state index >= 15 is 0 Å². The van der Waals surface area contributed by atoms with Crippen LogP contribution in [0, 0.1) is 0 Å². The van der Waals surface area contributed by atoms with E-state index in [1.54, 1.807) is 17.9 Å². The molecule has 0 aromatic heterocycles. The molecule has 0 saturated heterocycles. The predicted octanol–water partition coefficient (Wildman–Crippen LogP) is 5.38. The van der Waals surface area contributed by atoms with Crippen molar-refractivity contribution in [2.75, 3.05) is 10.6 Å². The van der Waals surface area contributed by atoms with Gasteiger partial charge in [-0.3, -0.25) is 9.10 Å². The van der Waals surface area contributed by atoms with Crippen molar-refractivity contribution in [3.8, 4) is 0 Å². The Kier molecular flexibility index (Phi) is 7.82. The molecule has 3 rings (SSSR count). The summed E-state index contributed by atoms with van der Waals surface area (Å²) in [6.45, 7) is 2.23. The minimum atomic E-state index is -3.84. The number of halogens is 2. The minimum Gasteiger partial charge on any atom is -0.332 e. The molecule has 0 N–H and O–H groups in total. The summed E-state index contributed by atoms with van der Waals surface area (Å²) in [4.78, 5) is 15.3. The zero-order valence-corrected chi connectivity index (χ0v) is 20.1. The quantitative estimate of drug-likeness (QED) is 0.425. The van der Waals surface area contributed by atoms with Crippen LogP contribution in [0.2, 0.25) is 10.0 Å². The Morgan fingerprint density at radius 3 is 1.84 bits per heavy atom. The molecule has 32 heavy (non-hydrogen) atoms. The highest BCUT2D eigenvalue weighted by molar-refractivity contribution is 7.92. The van der Waals surface area contributed by atoms with E-state index in [1.807, 2.05) is 60.7 Å². The van der Waals surface area contributed by atoms with Crippen molar-refractivity contribution in [3.63, 3.8) is 0 Å². The summed E-state index contributed by atoms with van der Waals surface area (Å²) in [6, 6.07) is 22.6. The van der Waals surface area contributed by atoms with Gasteiger partial charge in [0.15, 0.2) is 0 Å². The van der Waals surface area contributed by atoms with Crippen molar-refractivity contribution >= 4 is 44.8 Å². The lowest BCUT2D eigenvalue weighted by molar-refractivity contribution is -0.133. The van der Waals surface area contributed by atoms with E-state index in [0.29, 0.717) is 18.1 Å². The smallest absolute Gasteiger partial charge is 0.246 e. The van der Waals surface area contributed by atoms with Gasteiger partial charge in [0.05, 0.1) is 17.0 Å². The van der Waals surface area contributed by atoms with Crippen LogP contribution in [0.25, 0.3) is 0 Å². The maximum absolute atomic E-state index is 13.7. The van der Waals surface area contributed by atoms with Gasteiger partial charge in [0.25, 0.3) is 0 Å². The number of carbonyl (C=O) groups excluding carboxylic acids is 1. The number of anilines is 1. The molecule has 3 aromatic carbocycles. The molecule has 0 unspecified atom stereocenters. The Morgan fingerprint density at radius 2 is 1.38 bits per heavy atom. The van der Waals surface area contributed by atoms with Crippen molar-refractivity contribution in [3.05, 3.63) is 100 Å². The summed E-state index contributed by atoms with van der Waals surface area (Å²) in [5.74, 6) is -0.348. The zero-order chi connectivity index (χ0) is 23.3. The molecule has 168 valence electrons. The van der Waals surface area contributed by atoms with Crippen molar-refractivity contribution in [2.45, 2.75) is 26.1 Å². The first-order valence-electron chi connectivity index (χ1n) is 9.98. The molecule has 3 aromatic rings. The maximum Gasteiger partial charge on any atom is 0.246 e. The van der Waals surface area contributed by atoms with Gasteiger partial charge in [-0.05, 0) is 36.2 Å². The highest BCUT2D eigenvalue weighted by Crippen LogP contribution is 2.32. The van der Waals surface area contributed by atoms with Gasteiger partial charge >= 0.3 is 0 Å². The minimum absolute atomic E-state index is 0.168. The van der Waals surface area contributed by atoms with Crippen LogP contribution < -0.4 is 4.31 Å². The van der Waals surface area contributed by atoms with Gasteiger partial charge in [-0.15, -0.1) is 0 Å². The number of hydrogen-bond acceptors (Lipinski definition) is 3. The third kappa shape index (κ3) is 6.03. The molecule has 0 aliphatic carbocycles. The van der Waals surface area contributed by atoms with Crippen LogP contribution in [0.4, 0.5) is 5.69 Å². The molecule has 0 heterocycles. The van der Waals surface area contributed by atoms with E-state index in [9.17, 15) is 13.2 Å². The van der Waals surface area contributed by atoms with Crippen LogP contribution in [0.15, 0.2) is 78.9 Å². The first-order chi connectivity index (χ1) is 15.2. The number of hydrogen-bond donors (Lipinski definition) is 0. The first kappa shape index (κ1) is 24.1. The Morgan fingerprint density at radius 1 is 0.875 bits per heavy atom. The van der Waals surface area contributed by atoms with Crippen LogP contribution in [0.5, 0.6) is 0 Å². The summed E-state index contributed by atoms with van der Waals surface area (Å²) in [6.07, 6.45) is 1.05. The van der Waals surface area contributed by atoms with Crippen molar-refractivity contribution in [1.82, 2.24) is 4.90 Å². The average Bonchev–Trinajstić information content (AvgIpc) is 2.76. The van der Waals surface area contributed by atoms with Gasteiger partial charge in [-0.1, -0.05) is 83.9 Å². The Bertz CT molecular complexity index is 1130. The zero-order valence-electron chi connectivity index (χ0n) is 17.8. The lowest BCUT2D eigenvalue weighted by Crippen LogP contribution is -2.49. The molecule has 0 aliphatic heterocycles. The molecule has 0 spiro atoms. The van der Waals surface area contributed by atoms with Gasteiger partial charge in [0, 0.05) is 18.1 Å². The number of benzene rings is 3. The lowest BCUT2D eigenvalue weighted by Gasteiger charge is -2.33. The van der Waals surface area contributed by atoms with E-state index in [-0.39, 0.29) is 16.6 Å². The number of sulfonamides is 1. The second kappa shape index (κ2) is 10.4. The molecule has 8 heteroatoms. The lowest BCUT2D eigenvalue weighted by atomic mass is 10.1. The Hall–Kier alpha value is -2.54. The fraction of sp³-hybridized carbons (Fsp3) is 0.208. The number of rotatable bonds is 8. The molecule has 0 fully saturated rings. The maximum atomic E-state index is 13.7. The first-order valence-corrected chi connectivity index (χ1v) is 12.6. The summed E-state index contributed by atoms with van der Waals surface area (Å²) in [5, 5.41) is 0.514. The summed E-state index contributed by atoms with van der Waals surface area (Å²) >= 11 is 12.4. The monoisotopic (exact) mass is 490 g/mol. The molecular weight excluding hydrogens is 467 g/mol. The van der Waals surface area contributed by atoms with Crippen LogP contribution in [0.1, 0.15) is 18.1 Å². The van der Waals surface area contributed by atoms with Crippen molar-refractivity contribution in [2.24, 2.45) is 0 Å². The van der Waals surface area contributed by atoms with Gasteiger partial charge in [-0.25, -0.2) is 8.42 Å². The molecule has 0 aliphatic rings. The van der Waals surface area contributed by atoms with Crippen LogP contribution in [-0.2, 0) is 27.9 Å². The summed E-state index contributed by atoms with van der Waals surface area (Å²) in [5.41, 5.74) is 2.05. The van der Waals surface area contributed by atoms with Crippen molar-refractivity contribution < 1.29 is 13.2 Å². The van der Waals surface area contributed by atoms with E-state index in [4.69, 9.17) is 23.2 Å². The third-order valence-corrected chi connectivity index (χ3v) is 6.74. The van der Waals surface area contributed by atoms with Crippen molar-refractivity contribution in [1.29, 1.82) is 0 Å². The van der Waals surface area contributed by atoms with E-state index in [1.165, 1.54) is 12.1 Å². The van der Waals surface area contributed by atoms with E-state index in [0.717, 1.165) is 21.7 Å². The molecule has 0 saturated carbocycles. The molecule has 0 radical (unpaired) electrons. The fourth-order valence-electron chi connectivity index (χ4n) is 3.51. The standard InChI is InChI=1S/C24H24Cl2N2O3S/c1-18(28(32(2,30)31)23-15-21(25)13-14-22(23)26)24(29)27(16-19-9-5-3-6-10-19)17-20-11-7-4-8-12-20/h3-15,18H,16-17H2,1-2H3/t18-/m1/s1. The summed E-state index contributed by atoms with van der Waals surface area (Å²) in [7, 11) is -3.84. The second-order valence-electron chi connectivity index (χ2n) is 7.50. The SMILES string of the molecule is C[C@H](C(=O)N(Cc1ccccc1)Cc1ccccc1)N(c1cc(Cl)ccc1Cl)S(C)(=O)=O. The Balaban J connectivity index is 1.99. The fourth-order valence-corrected chi connectivity index (χ4v) is 5.11. The summed E-state index contributed by atoms with van der Waals surface area (Å²) < 4.78 is 26.5. The molecule has 1 amide bonds. The normalized spacial score (nSPS) is 12.2. The molecule has 0 bridgehead atoms. The highest BCUT2D eigenvalue weighted by Gasteiger charge is 2.33. The molecule has 5 nitrogen and oxygen atoms in total. The number of amides is 1. The molecule has 1 atom stereocenters. The number of nitrogens with zero attached hydrogens (tertiary/aromatic N) is 2. The topological polar surface area (TPSA) is 57.7 Å². The third-order valence-electron chi connectivity index (χ3n) is 4.96. The van der Waals surface area contributed by atoms with Crippen LogP contribution >= 0.6 is 23.2 Å². The van der Waals surface area contributed by atoms with Crippen LogP contribution in [-0.4, -0.2) is 31.5 Å². The average molecular weight is 491 g/mol. The number of carbonyl (C=O) groups is 1. The second-order valence-corrected chi connectivity index (χ2v) is 10.2. The van der Waals surface area contributed by atoms with Gasteiger partial charge in [0.2, 0.25) is 15.9 Å². The predicted molar refractivity (Wildman–Crippen MR) is 130 cm³/mol. The van der Waals surface area contributed by atoms with E-state index in [2.05, 4.69) is 0 Å². The van der Waals surface area contributed by atoms with Gasteiger partial charge in [-0.2, -0.15) is 0 Å².